The van der Waals surface area contributed by atoms with Gasteiger partial charge in [-0.25, -0.2) is 9.48 Å². The molecule has 1 fully saturated rings. The summed E-state index contributed by atoms with van der Waals surface area (Å²) in [4.78, 5) is 27.8. The summed E-state index contributed by atoms with van der Waals surface area (Å²) in [5.41, 5.74) is -0.160. The zero-order valence-corrected chi connectivity index (χ0v) is 11.3. The van der Waals surface area contributed by atoms with Gasteiger partial charge in [0.1, 0.15) is 5.82 Å². The van der Waals surface area contributed by atoms with Crippen LogP contribution in [0.4, 0.5) is 0 Å². The van der Waals surface area contributed by atoms with Gasteiger partial charge in [-0.2, -0.15) is 17.7 Å². The van der Waals surface area contributed by atoms with Crippen LogP contribution in [0.1, 0.15) is 31.1 Å². The topological polar surface area (TPSA) is 71.0 Å². The van der Waals surface area contributed by atoms with E-state index in [1.807, 2.05) is 4.90 Å². The molecule has 1 saturated heterocycles. The van der Waals surface area contributed by atoms with Gasteiger partial charge in [-0.1, -0.05) is 0 Å². The first kappa shape index (κ1) is 13.2. The Balaban J connectivity index is 1.96. The van der Waals surface area contributed by atoms with Crippen molar-refractivity contribution in [3.8, 4) is 0 Å². The van der Waals surface area contributed by atoms with E-state index < -0.39 is 0 Å². The number of piperidine rings is 1. The smallest absolute Gasteiger partial charge is 0.343 e. The van der Waals surface area contributed by atoms with Gasteiger partial charge >= 0.3 is 5.69 Å². The minimum absolute atomic E-state index is 0.0995. The molecule has 0 unspecified atom stereocenters. The number of aromatic amines is 1. The molecule has 100 valence electrons. The highest BCUT2D eigenvalue weighted by Crippen LogP contribution is 2.20. The number of H-pyrrole nitrogens is 1. The van der Waals surface area contributed by atoms with Crippen molar-refractivity contribution < 1.29 is 4.79 Å². The molecule has 0 saturated carbocycles. The third-order valence-electron chi connectivity index (χ3n) is 3.24. The van der Waals surface area contributed by atoms with Crippen molar-refractivity contribution in [2.24, 2.45) is 0 Å². The molecule has 1 aliphatic heterocycles. The normalized spacial score (nSPS) is 17.1. The molecule has 1 aromatic heterocycles. The summed E-state index contributed by atoms with van der Waals surface area (Å²) in [6, 6.07) is 0.0995. The van der Waals surface area contributed by atoms with Crippen LogP contribution in [0.15, 0.2) is 4.79 Å². The highest BCUT2D eigenvalue weighted by molar-refractivity contribution is 7.80. The molecule has 0 aromatic carbocycles. The van der Waals surface area contributed by atoms with Crippen molar-refractivity contribution in [2.45, 2.75) is 32.2 Å². The van der Waals surface area contributed by atoms with E-state index in [-0.39, 0.29) is 17.6 Å². The van der Waals surface area contributed by atoms with Crippen molar-refractivity contribution in [2.75, 3.05) is 18.8 Å². The Hall–Kier alpha value is -1.24. The van der Waals surface area contributed by atoms with Crippen molar-refractivity contribution in [1.29, 1.82) is 0 Å². The molecule has 0 radical (unpaired) electrons. The third-order valence-corrected chi connectivity index (χ3v) is 3.47. The Morgan fingerprint density at radius 3 is 2.67 bits per heavy atom. The molecule has 7 heteroatoms. The maximum atomic E-state index is 11.7. The van der Waals surface area contributed by atoms with E-state index in [9.17, 15) is 9.59 Å². The largest absolute Gasteiger partial charge is 0.343 e. The summed E-state index contributed by atoms with van der Waals surface area (Å²) >= 11 is 4.06. The van der Waals surface area contributed by atoms with Gasteiger partial charge in [0, 0.05) is 19.5 Å². The van der Waals surface area contributed by atoms with Gasteiger partial charge in [-0.05, 0) is 25.5 Å². The summed E-state index contributed by atoms with van der Waals surface area (Å²) in [5, 5.41) is 4.17. The van der Waals surface area contributed by atoms with Crippen LogP contribution < -0.4 is 5.69 Å². The maximum Gasteiger partial charge on any atom is 0.343 e. The van der Waals surface area contributed by atoms with Crippen molar-refractivity contribution in [3.63, 3.8) is 0 Å². The second kappa shape index (κ2) is 5.60. The van der Waals surface area contributed by atoms with Crippen molar-refractivity contribution in [1.82, 2.24) is 19.7 Å². The zero-order chi connectivity index (χ0) is 13.1. The van der Waals surface area contributed by atoms with Crippen LogP contribution in [0.2, 0.25) is 0 Å². The van der Waals surface area contributed by atoms with Gasteiger partial charge in [0.05, 0.1) is 6.04 Å². The molecule has 1 N–H and O–H groups in total. The number of aromatic nitrogens is 3. The molecule has 2 rings (SSSR count). The number of aryl methyl sites for hydroxylation is 1. The molecular formula is C11H18N4O2S. The van der Waals surface area contributed by atoms with Crippen LogP contribution in [-0.4, -0.2) is 44.4 Å². The Bertz CT molecular complexity index is 474. The summed E-state index contributed by atoms with van der Waals surface area (Å²) in [5.74, 6) is 1.36. The fourth-order valence-electron chi connectivity index (χ4n) is 2.31. The number of carbonyl (C=O) groups excluding carboxylic acids is 1. The molecule has 6 nitrogen and oxygen atoms in total. The molecule has 2 heterocycles. The Labute approximate surface area is 111 Å². The quantitative estimate of drug-likeness (QED) is 0.779. The van der Waals surface area contributed by atoms with E-state index in [4.69, 9.17) is 0 Å². The van der Waals surface area contributed by atoms with Crippen LogP contribution in [0, 0.1) is 6.92 Å². The predicted molar refractivity (Wildman–Crippen MR) is 70.9 cm³/mol. The minimum Gasteiger partial charge on any atom is -0.343 e. The number of amides is 1. The predicted octanol–water partition coefficient (Wildman–Crippen LogP) is 0.363. The van der Waals surface area contributed by atoms with E-state index in [1.54, 1.807) is 6.92 Å². The average molecular weight is 270 g/mol. The lowest BCUT2D eigenvalue weighted by atomic mass is 10.1. The third kappa shape index (κ3) is 2.77. The van der Waals surface area contributed by atoms with Gasteiger partial charge < -0.3 is 4.90 Å². The highest BCUT2D eigenvalue weighted by atomic mass is 32.1. The van der Waals surface area contributed by atoms with Crippen LogP contribution in [0.3, 0.4) is 0 Å². The first-order valence-corrected chi connectivity index (χ1v) is 6.79. The molecule has 0 spiro atoms. The minimum atomic E-state index is -0.160. The van der Waals surface area contributed by atoms with Crippen LogP contribution >= 0.6 is 12.6 Å². The Morgan fingerprint density at radius 2 is 2.17 bits per heavy atom. The van der Waals surface area contributed by atoms with Gasteiger partial charge in [0.2, 0.25) is 5.91 Å². The number of hydrogen-bond acceptors (Lipinski definition) is 4. The van der Waals surface area contributed by atoms with Gasteiger partial charge in [0.25, 0.3) is 0 Å². The number of carbonyl (C=O) groups is 1. The van der Waals surface area contributed by atoms with Crippen molar-refractivity contribution >= 4 is 18.5 Å². The van der Waals surface area contributed by atoms with E-state index >= 15 is 0 Å². The van der Waals surface area contributed by atoms with E-state index in [0.29, 0.717) is 31.1 Å². The maximum absolute atomic E-state index is 11.7. The molecule has 1 amide bonds. The lowest BCUT2D eigenvalue weighted by Gasteiger charge is -2.31. The average Bonchev–Trinajstić information content (AvgIpc) is 2.69. The molecule has 0 bridgehead atoms. The number of rotatable bonds is 3. The van der Waals surface area contributed by atoms with Crippen LogP contribution in [-0.2, 0) is 4.79 Å². The SMILES string of the molecule is Cc1nn(C2CCN(C(=O)CCS)CC2)c(=O)[nH]1. The summed E-state index contributed by atoms with van der Waals surface area (Å²) < 4.78 is 1.51. The lowest BCUT2D eigenvalue weighted by molar-refractivity contribution is -0.132. The molecule has 0 atom stereocenters. The first-order chi connectivity index (χ1) is 8.61. The monoisotopic (exact) mass is 270 g/mol. The summed E-state index contributed by atoms with van der Waals surface area (Å²) in [6.45, 7) is 3.15. The highest BCUT2D eigenvalue weighted by Gasteiger charge is 2.25. The second-order valence-electron chi connectivity index (χ2n) is 4.55. The molecular weight excluding hydrogens is 252 g/mol. The Morgan fingerprint density at radius 1 is 1.50 bits per heavy atom. The van der Waals surface area contributed by atoms with Gasteiger partial charge in [-0.15, -0.1) is 0 Å². The number of likely N-dealkylation sites (tertiary alicyclic amines) is 1. The van der Waals surface area contributed by atoms with E-state index in [1.165, 1.54) is 4.68 Å². The number of thiol groups is 1. The second-order valence-corrected chi connectivity index (χ2v) is 4.99. The summed E-state index contributed by atoms with van der Waals surface area (Å²) in [6.07, 6.45) is 2.04. The van der Waals surface area contributed by atoms with Crippen LogP contribution in [0.25, 0.3) is 0 Å². The van der Waals surface area contributed by atoms with Gasteiger partial charge in [-0.3, -0.25) is 9.78 Å². The molecule has 0 aliphatic carbocycles. The summed E-state index contributed by atoms with van der Waals surface area (Å²) in [7, 11) is 0. The lowest BCUT2D eigenvalue weighted by Crippen LogP contribution is -2.40. The van der Waals surface area contributed by atoms with E-state index in [2.05, 4.69) is 22.7 Å². The van der Waals surface area contributed by atoms with E-state index in [0.717, 1.165) is 12.8 Å². The standard InChI is InChI=1S/C11H18N4O2S/c1-8-12-11(17)15(13-8)9-2-5-14(6-3-9)10(16)4-7-18/h9,18H,2-7H2,1H3,(H,12,13,17). The zero-order valence-electron chi connectivity index (χ0n) is 10.4. The fraction of sp³-hybridized carbons (Fsp3) is 0.727. The number of hydrogen-bond donors (Lipinski definition) is 2. The first-order valence-electron chi connectivity index (χ1n) is 6.16. The number of nitrogens with one attached hydrogen (secondary N) is 1. The molecule has 1 aromatic rings. The molecule has 18 heavy (non-hydrogen) atoms. The molecule has 1 aliphatic rings. The number of nitrogens with zero attached hydrogens (tertiary/aromatic N) is 3. The van der Waals surface area contributed by atoms with Crippen molar-refractivity contribution in [3.05, 3.63) is 16.3 Å². The van der Waals surface area contributed by atoms with Gasteiger partial charge in [0.15, 0.2) is 0 Å². The Kier molecular flexibility index (Phi) is 4.11. The van der Waals surface area contributed by atoms with Crippen LogP contribution in [0.5, 0.6) is 0 Å². The fourth-order valence-corrected chi connectivity index (χ4v) is 2.50.